The standard InChI is InChI=1S/C15H23N3O3S/c1-12(15(19)16-13-6-4-3-5-7-13)18-10-8-14(9-11-18)17-22(2,20)21/h3-7,12,14,17H,8-11H2,1-2H3,(H,16,19)/t12-/m0/s1. The molecule has 122 valence electrons. The molecule has 0 spiro atoms. The Morgan fingerprint density at radius 3 is 2.36 bits per heavy atom. The molecule has 1 amide bonds. The molecule has 1 aromatic carbocycles. The number of carbonyl (C=O) groups is 1. The van der Waals surface area contributed by atoms with Crippen molar-refractivity contribution >= 4 is 21.6 Å². The van der Waals surface area contributed by atoms with Crippen molar-refractivity contribution in [3.05, 3.63) is 30.3 Å². The molecule has 1 aliphatic heterocycles. The number of likely N-dealkylation sites (tertiary alicyclic amines) is 1. The molecule has 1 heterocycles. The average Bonchev–Trinajstić information content (AvgIpc) is 2.46. The zero-order valence-corrected chi connectivity index (χ0v) is 13.8. The molecular formula is C15H23N3O3S. The van der Waals surface area contributed by atoms with E-state index in [1.807, 2.05) is 37.3 Å². The highest BCUT2D eigenvalue weighted by atomic mass is 32.2. The van der Waals surface area contributed by atoms with Gasteiger partial charge in [-0.2, -0.15) is 0 Å². The lowest BCUT2D eigenvalue weighted by molar-refractivity contribution is -0.121. The fraction of sp³-hybridized carbons (Fsp3) is 0.533. The average molecular weight is 325 g/mol. The number of benzene rings is 1. The van der Waals surface area contributed by atoms with E-state index in [1.54, 1.807) is 0 Å². The van der Waals surface area contributed by atoms with Crippen LogP contribution >= 0.6 is 0 Å². The van der Waals surface area contributed by atoms with Crippen molar-refractivity contribution in [3.8, 4) is 0 Å². The first kappa shape index (κ1) is 16.9. The summed E-state index contributed by atoms with van der Waals surface area (Å²) in [6.45, 7) is 3.29. The summed E-state index contributed by atoms with van der Waals surface area (Å²) in [6, 6.07) is 9.10. The van der Waals surface area contributed by atoms with Gasteiger partial charge in [-0.1, -0.05) is 18.2 Å². The van der Waals surface area contributed by atoms with Gasteiger partial charge in [-0.25, -0.2) is 13.1 Å². The third-order valence-electron chi connectivity index (χ3n) is 3.88. The van der Waals surface area contributed by atoms with E-state index in [2.05, 4.69) is 14.9 Å². The van der Waals surface area contributed by atoms with E-state index >= 15 is 0 Å². The van der Waals surface area contributed by atoms with Crippen LogP contribution in [0.2, 0.25) is 0 Å². The Kier molecular flexibility index (Phi) is 5.55. The summed E-state index contributed by atoms with van der Waals surface area (Å²) in [5.74, 6) is -0.0410. The number of carbonyl (C=O) groups excluding carboxylic acids is 1. The lowest BCUT2D eigenvalue weighted by Crippen LogP contribution is -2.50. The number of anilines is 1. The molecule has 0 radical (unpaired) electrons. The van der Waals surface area contributed by atoms with Gasteiger partial charge in [-0.05, 0) is 31.9 Å². The van der Waals surface area contributed by atoms with E-state index in [4.69, 9.17) is 0 Å². The zero-order chi connectivity index (χ0) is 16.2. The molecule has 0 aromatic heterocycles. The summed E-state index contributed by atoms with van der Waals surface area (Å²) in [6.07, 6.45) is 2.61. The van der Waals surface area contributed by atoms with Gasteiger partial charge in [0.15, 0.2) is 0 Å². The maximum atomic E-state index is 12.3. The van der Waals surface area contributed by atoms with Crippen LogP contribution in [0.1, 0.15) is 19.8 Å². The van der Waals surface area contributed by atoms with E-state index in [-0.39, 0.29) is 18.0 Å². The largest absolute Gasteiger partial charge is 0.325 e. The van der Waals surface area contributed by atoms with Gasteiger partial charge >= 0.3 is 0 Å². The van der Waals surface area contributed by atoms with Crippen molar-refractivity contribution in [1.29, 1.82) is 0 Å². The second-order valence-electron chi connectivity index (χ2n) is 5.73. The number of rotatable bonds is 5. The number of para-hydroxylation sites is 1. The number of sulfonamides is 1. The first-order chi connectivity index (χ1) is 10.3. The number of nitrogens with one attached hydrogen (secondary N) is 2. The number of nitrogens with zero attached hydrogens (tertiary/aromatic N) is 1. The van der Waals surface area contributed by atoms with Crippen LogP contribution in [0, 0.1) is 0 Å². The van der Waals surface area contributed by atoms with Gasteiger partial charge in [0.2, 0.25) is 15.9 Å². The van der Waals surface area contributed by atoms with Crippen LogP contribution < -0.4 is 10.0 Å². The molecule has 6 nitrogen and oxygen atoms in total. The number of hydrogen-bond donors (Lipinski definition) is 2. The van der Waals surface area contributed by atoms with E-state index in [0.29, 0.717) is 13.1 Å². The molecule has 7 heteroatoms. The molecule has 0 bridgehead atoms. The molecule has 0 aliphatic carbocycles. The lowest BCUT2D eigenvalue weighted by Gasteiger charge is -2.35. The molecule has 1 saturated heterocycles. The highest BCUT2D eigenvalue weighted by Gasteiger charge is 2.27. The number of hydrogen-bond acceptors (Lipinski definition) is 4. The second-order valence-corrected chi connectivity index (χ2v) is 7.51. The van der Waals surface area contributed by atoms with Gasteiger partial charge in [0, 0.05) is 24.8 Å². The molecule has 1 fully saturated rings. The molecular weight excluding hydrogens is 302 g/mol. The van der Waals surface area contributed by atoms with Crippen LogP contribution in [0.25, 0.3) is 0 Å². The van der Waals surface area contributed by atoms with Crippen LogP contribution in [0.4, 0.5) is 5.69 Å². The summed E-state index contributed by atoms with van der Waals surface area (Å²) in [4.78, 5) is 14.3. The summed E-state index contributed by atoms with van der Waals surface area (Å²) >= 11 is 0. The molecule has 1 atom stereocenters. The monoisotopic (exact) mass is 325 g/mol. The third-order valence-corrected chi connectivity index (χ3v) is 4.64. The number of piperidine rings is 1. The Hall–Kier alpha value is -1.44. The van der Waals surface area contributed by atoms with Gasteiger partial charge in [0.25, 0.3) is 0 Å². The van der Waals surface area contributed by atoms with Gasteiger partial charge in [0.05, 0.1) is 12.3 Å². The van der Waals surface area contributed by atoms with Crippen LogP contribution in [0.3, 0.4) is 0 Å². The highest BCUT2D eigenvalue weighted by Crippen LogP contribution is 2.15. The normalized spacial score (nSPS) is 18.8. The van der Waals surface area contributed by atoms with Gasteiger partial charge < -0.3 is 5.32 Å². The molecule has 0 saturated carbocycles. The SMILES string of the molecule is C[C@@H](C(=O)Nc1ccccc1)N1CCC(NS(C)(=O)=O)CC1. The molecule has 22 heavy (non-hydrogen) atoms. The smallest absolute Gasteiger partial charge is 0.241 e. The Morgan fingerprint density at radius 1 is 1.23 bits per heavy atom. The quantitative estimate of drug-likeness (QED) is 0.847. The highest BCUT2D eigenvalue weighted by molar-refractivity contribution is 7.88. The van der Waals surface area contributed by atoms with E-state index in [9.17, 15) is 13.2 Å². The Morgan fingerprint density at radius 2 is 1.82 bits per heavy atom. The predicted molar refractivity (Wildman–Crippen MR) is 87.1 cm³/mol. The van der Waals surface area contributed by atoms with Crippen molar-refractivity contribution in [2.24, 2.45) is 0 Å². The van der Waals surface area contributed by atoms with Crippen molar-refractivity contribution < 1.29 is 13.2 Å². The Labute approximate surface area is 131 Å². The maximum Gasteiger partial charge on any atom is 0.241 e. The van der Waals surface area contributed by atoms with E-state index in [1.165, 1.54) is 6.26 Å². The fourth-order valence-electron chi connectivity index (χ4n) is 2.64. The van der Waals surface area contributed by atoms with Gasteiger partial charge in [-0.15, -0.1) is 0 Å². The fourth-order valence-corrected chi connectivity index (χ4v) is 3.48. The van der Waals surface area contributed by atoms with Gasteiger partial charge in [-0.3, -0.25) is 9.69 Å². The summed E-state index contributed by atoms with van der Waals surface area (Å²) < 4.78 is 25.1. The van der Waals surface area contributed by atoms with Crippen LogP contribution in [0.5, 0.6) is 0 Å². The predicted octanol–water partition coefficient (Wildman–Crippen LogP) is 1.03. The first-order valence-electron chi connectivity index (χ1n) is 7.42. The minimum atomic E-state index is -3.17. The minimum Gasteiger partial charge on any atom is -0.325 e. The summed E-state index contributed by atoms with van der Waals surface area (Å²) in [5.41, 5.74) is 0.785. The van der Waals surface area contributed by atoms with Crippen molar-refractivity contribution in [2.45, 2.75) is 31.8 Å². The zero-order valence-electron chi connectivity index (χ0n) is 13.0. The van der Waals surface area contributed by atoms with Crippen LogP contribution in [0.15, 0.2) is 30.3 Å². The molecule has 2 N–H and O–H groups in total. The van der Waals surface area contributed by atoms with E-state index < -0.39 is 10.0 Å². The van der Waals surface area contributed by atoms with Gasteiger partial charge in [0.1, 0.15) is 0 Å². The molecule has 2 rings (SSSR count). The van der Waals surface area contributed by atoms with Crippen molar-refractivity contribution in [3.63, 3.8) is 0 Å². The Bertz CT molecular complexity index is 596. The minimum absolute atomic E-state index is 0.0318. The maximum absolute atomic E-state index is 12.3. The topological polar surface area (TPSA) is 78.5 Å². The molecule has 1 aromatic rings. The molecule has 1 aliphatic rings. The van der Waals surface area contributed by atoms with Crippen LogP contribution in [-0.4, -0.2) is 50.7 Å². The third kappa shape index (κ3) is 5.08. The first-order valence-corrected chi connectivity index (χ1v) is 9.31. The number of amides is 1. The van der Waals surface area contributed by atoms with Crippen LogP contribution in [-0.2, 0) is 14.8 Å². The van der Waals surface area contributed by atoms with Crippen molar-refractivity contribution in [1.82, 2.24) is 9.62 Å². The van der Waals surface area contributed by atoms with E-state index in [0.717, 1.165) is 18.5 Å². The lowest BCUT2D eigenvalue weighted by atomic mass is 10.0. The molecule has 0 unspecified atom stereocenters. The Balaban J connectivity index is 1.84. The van der Waals surface area contributed by atoms with Crippen molar-refractivity contribution in [2.75, 3.05) is 24.7 Å². The summed E-state index contributed by atoms with van der Waals surface area (Å²) in [5, 5.41) is 2.90. The second kappa shape index (κ2) is 7.21. The summed E-state index contributed by atoms with van der Waals surface area (Å²) in [7, 11) is -3.17.